The summed E-state index contributed by atoms with van der Waals surface area (Å²) in [5, 5.41) is 3.51. The molecule has 0 spiro atoms. The summed E-state index contributed by atoms with van der Waals surface area (Å²) in [6, 6.07) is 14.0. The molecule has 0 fully saturated rings. The average molecular weight is 362 g/mol. The molecule has 7 heteroatoms. The van der Waals surface area contributed by atoms with Crippen LogP contribution in [0.2, 0.25) is 0 Å². The lowest BCUT2D eigenvalue weighted by Crippen LogP contribution is -2.16. The number of H-pyrrole nitrogens is 1. The van der Waals surface area contributed by atoms with E-state index in [-0.39, 0.29) is 17.3 Å². The molecular weight excluding hydrogens is 347 g/mol. The topological polar surface area (TPSA) is 79.8 Å². The number of amides is 1. The van der Waals surface area contributed by atoms with Crippen molar-refractivity contribution in [3.05, 3.63) is 82.7 Å². The fourth-order valence-electron chi connectivity index (χ4n) is 2.96. The molecule has 27 heavy (non-hydrogen) atoms. The molecule has 2 aromatic carbocycles. The molecule has 0 aliphatic heterocycles. The van der Waals surface area contributed by atoms with Crippen LogP contribution in [0.5, 0.6) is 0 Å². The summed E-state index contributed by atoms with van der Waals surface area (Å²) in [6.45, 7) is 0. The molecule has 134 valence electrons. The first-order valence-electron chi connectivity index (χ1n) is 8.23. The molecule has 0 unspecified atom stereocenters. The Morgan fingerprint density at radius 3 is 2.67 bits per heavy atom. The van der Waals surface area contributed by atoms with Crippen LogP contribution in [0.1, 0.15) is 10.4 Å². The minimum Gasteiger partial charge on any atom is -0.322 e. The van der Waals surface area contributed by atoms with E-state index in [2.05, 4.69) is 15.3 Å². The summed E-state index contributed by atoms with van der Waals surface area (Å²) >= 11 is 0. The molecule has 2 heterocycles. The quantitative estimate of drug-likeness (QED) is 0.587. The number of carbonyl (C=O) groups excluding carboxylic acids is 1. The number of nitrogens with zero attached hydrogens (tertiary/aromatic N) is 2. The van der Waals surface area contributed by atoms with E-state index in [1.54, 1.807) is 54.3 Å². The van der Waals surface area contributed by atoms with Gasteiger partial charge in [0.1, 0.15) is 17.3 Å². The van der Waals surface area contributed by atoms with Crippen molar-refractivity contribution in [2.45, 2.75) is 0 Å². The number of rotatable bonds is 3. The van der Waals surface area contributed by atoms with Crippen molar-refractivity contribution < 1.29 is 9.18 Å². The van der Waals surface area contributed by atoms with Crippen LogP contribution in [-0.2, 0) is 7.05 Å². The average Bonchev–Trinajstić information content (AvgIpc) is 3.02. The lowest BCUT2D eigenvalue weighted by atomic mass is 10.1. The number of imidazole rings is 1. The van der Waals surface area contributed by atoms with Crippen LogP contribution >= 0.6 is 0 Å². The van der Waals surface area contributed by atoms with Crippen molar-refractivity contribution >= 4 is 22.6 Å². The molecule has 4 aromatic rings. The summed E-state index contributed by atoms with van der Waals surface area (Å²) in [4.78, 5) is 31.4. The lowest BCUT2D eigenvalue weighted by Gasteiger charge is -2.10. The molecule has 1 amide bonds. The summed E-state index contributed by atoms with van der Waals surface area (Å²) in [6.07, 6.45) is 1.58. The predicted octanol–water partition coefficient (Wildman–Crippen LogP) is 3.32. The van der Waals surface area contributed by atoms with E-state index in [4.69, 9.17) is 0 Å². The predicted molar refractivity (Wildman–Crippen MR) is 101 cm³/mol. The van der Waals surface area contributed by atoms with Crippen molar-refractivity contribution in [2.24, 2.45) is 7.05 Å². The smallest absolute Gasteiger partial charge is 0.257 e. The van der Waals surface area contributed by atoms with Crippen LogP contribution < -0.4 is 10.9 Å². The largest absolute Gasteiger partial charge is 0.322 e. The van der Waals surface area contributed by atoms with Crippen LogP contribution in [-0.4, -0.2) is 20.4 Å². The number of aromatic amines is 1. The van der Waals surface area contributed by atoms with Gasteiger partial charge >= 0.3 is 0 Å². The maximum absolute atomic E-state index is 13.2. The van der Waals surface area contributed by atoms with Crippen LogP contribution in [0, 0.1) is 5.82 Å². The van der Waals surface area contributed by atoms with Gasteiger partial charge in [-0.3, -0.25) is 9.59 Å². The number of nitrogens with one attached hydrogen (secondary N) is 2. The summed E-state index contributed by atoms with van der Waals surface area (Å²) in [5.74, 6) is -0.183. The number of hydrogen-bond donors (Lipinski definition) is 2. The number of fused-ring (bicyclic) bond motifs is 1. The van der Waals surface area contributed by atoms with Crippen LogP contribution in [0.25, 0.3) is 22.2 Å². The van der Waals surface area contributed by atoms with E-state index in [1.807, 2.05) is 0 Å². The second kappa shape index (κ2) is 6.53. The zero-order valence-corrected chi connectivity index (χ0v) is 14.4. The van der Waals surface area contributed by atoms with Gasteiger partial charge in [-0.1, -0.05) is 6.07 Å². The minimum atomic E-state index is -0.343. The van der Waals surface area contributed by atoms with Gasteiger partial charge in [-0.15, -0.1) is 0 Å². The number of pyridine rings is 1. The molecule has 4 rings (SSSR count). The maximum Gasteiger partial charge on any atom is 0.257 e. The maximum atomic E-state index is 13.2. The van der Waals surface area contributed by atoms with E-state index in [0.29, 0.717) is 33.5 Å². The highest BCUT2D eigenvalue weighted by Crippen LogP contribution is 2.27. The highest BCUT2D eigenvalue weighted by molar-refractivity contribution is 6.12. The molecule has 0 saturated heterocycles. The second-order valence-corrected chi connectivity index (χ2v) is 6.10. The number of carbonyl (C=O) groups is 1. The van der Waals surface area contributed by atoms with Crippen LogP contribution in [0.3, 0.4) is 0 Å². The molecule has 0 aliphatic rings. The summed E-state index contributed by atoms with van der Waals surface area (Å²) in [7, 11) is 1.76. The van der Waals surface area contributed by atoms with Crippen molar-refractivity contribution in [3.63, 3.8) is 0 Å². The first-order chi connectivity index (χ1) is 13.0. The second-order valence-electron chi connectivity index (χ2n) is 6.10. The fraction of sp³-hybridized carbons (Fsp3) is 0.0500. The molecule has 0 radical (unpaired) electrons. The van der Waals surface area contributed by atoms with Gasteiger partial charge in [0.05, 0.1) is 6.33 Å². The van der Waals surface area contributed by atoms with Gasteiger partial charge in [0.15, 0.2) is 0 Å². The minimum absolute atomic E-state index is 0.231. The molecule has 0 atom stereocenters. The molecule has 2 aromatic heterocycles. The van der Waals surface area contributed by atoms with Gasteiger partial charge < -0.3 is 14.9 Å². The van der Waals surface area contributed by atoms with Crippen molar-refractivity contribution in [3.8, 4) is 11.3 Å². The number of aryl methyl sites for hydroxylation is 1. The highest BCUT2D eigenvalue weighted by atomic mass is 19.1. The monoisotopic (exact) mass is 362 g/mol. The Kier molecular flexibility index (Phi) is 4.04. The van der Waals surface area contributed by atoms with E-state index >= 15 is 0 Å². The van der Waals surface area contributed by atoms with Crippen molar-refractivity contribution in [1.82, 2.24) is 14.5 Å². The Morgan fingerprint density at radius 1 is 1.11 bits per heavy atom. The molecule has 0 bridgehead atoms. The number of halogens is 1. The number of benzene rings is 2. The first kappa shape index (κ1) is 16.7. The zero-order valence-electron chi connectivity index (χ0n) is 14.4. The molecule has 2 N–H and O–H groups in total. The van der Waals surface area contributed by atoms with E-state index in [0.717, 1.165) is 0 Å². The standard InChI is InChI=1S/C20H15FN4O2/c1-25-11-22-18(12-5-7-13(21)8-6-12)19(25)24-20(27)15-3-2-4-16-14(15)9-10-17(26)23-16/h2-11H,1H3,(H,23,26)(H,24,27). The van der Waals surface area contributed by atoms with Gasteiger partial charge in [0, 0.05) is 35.1 Å². The van der Waals surface area contributed by atoms with E-state index < -0.39 is 0 Å². The Morgan fingerprint density at radius 2 is 1.89 bits per heavy atom. The van der Waals surface area contributed by atoms with Crippen molar-refractivity contribution in [1.29, 1.82) is 0 Å². The van der Waals surface area contributed by atoms with Gasteiger partial charge in [-0.05, 0) is 42.5 Å². The summed E-state index contributed by atoms with van der Waals surface area (Å²) in [5.41, 5.74) is 2.01. The molecule has 6 nitrogen and oxygen atoms in total. The van der Waals surface area contributed by atoms with E-state index in [1.165, 1.54) is 18.2 Å². The van der Waals surface area contributed by atoms with Crippen molar-refractivity contribution in [2.75, 3.05) is 5.32 Å². The number of hydrogen-bond acceptors (Lipinski definition) is 3. The van der Waals surface area contributed by atoms with Crippen LogP contribution in [0.15, 0.2) is 65.7 Å². The number of aromatic nitrogens is 3. The van der Waals surface area contributed by atoms with Gasteiger partial charge in [-0.25, -0.2) is 9.37 Å². The third-order valence-corrected chi connectivity index (χ3v) is 4.30. The van der Waals surface area contributed by atoms with Gasteiger partial charge in [0.2, 0.25) is 5.56 Å². The summed E-state index contributed by atoms with van der Waals surface area (Å²) < 4.78 is 14.9. The Bertz CT molecular complexity index is 1210. The van der Waals surface area contributed by atoms with Crippen LogP contribution in [0.4, 0.5) is 10.2 Å². The first-order valence-corrected chi connectivity index (χ1v) is 8.23. The molecule has 0 aliphatic carbocycles. The Balaban J connectivity index is 1.73. The van der Waals surface area contributed by atoms with E-state index in [9.17, 15) is 14.0 Å². The third-order valence-electron chi connectivity index (χ3n) is 4.30. The molecule has 0 saturated carbocycles. The third kappa shape index (κ3) is 3.10. The number of anilines is 1. The zero-order chi connectivity index (χ0) is 19.0. The lowest BCUT2D eigenvalue weighted by molar-refractivity contribution is 0.102. The highest BCUT2D eigenvalue weighted by Gasteiger charge is 2.17. The molecular formula is C20H15FN4O2. The normalized spacial score (nSPS) is 10.9. The Hall–Kier alpha value is -3.74. The fourth-order valence-corrected chi connectivity index (χ4v) is 2.96. The van der Waals surface area contributed by atoms with Gasteiger partial charge in [-0.2, -0.15) is 0 Å². The SMILES string of the molecule is Cn1cnc(-c2ccc(F)cc2)c1NC(=O)c1cccc2[nH]c(=O)ccc12. The Labute approximate surface area is 153 Å². The van der Waals surface area contributed by atoms with Gasteiger partial charge in [0.25, 0.3) is 5.91 Å².